The molecule has 0 spiro atoms. The summed E-state index contributed by atoms with van der Waals surface area (Å²) in [5, 5.41) is 8.96. The smallest absolute Gasteiger partial charge is 0.345 e. The number of ether oxygens (including phenoxy) is 1. The number of fused-ring (bicyclic) bond motifs is 1. The molecule has 1 atom stereocenters. The third-order valence-electron chi connectivity index (χ3n) is 5.59. The molecule has 10 nitrogen and oxygen atoms in total. The van der Waals surface area contributed by atoms with E-state index in [9.17, 15) is 24.0 Å². The van der Waals surface area contributed by atoms with E-state index < -0.39 is 29.7 Å². The van der Waals surface area contributed by atoms with Gasteiger partial charge >= 0.3 is 5.97 Å². The molecule has 1 saturated heterocycles. The van der Waals surface area contributed by atoms with E-state index in [4.69, 9.17) is 9.84 Å². The predicted molar refractivity (Wildman–Crippen MR) is 112 cm³/mol. The number of hydrogen-bond acceptors (Lipinski definition) is 8. The number of carbonyl (C=O) groups is 5. The van der Waals surface area contributed by atoms with Crippen molar-refractivity contribution in [2.45, 2.75) is 31.7 Å². The first-order chi connectivity index (χ1) is 15.9. The fraction of sp³-hybridized carbons (Fsp3) is 0.304. The topological polar surface area (TPSA) is 134 Å². The zero-order valence-corrected chi connectivity index (χ0v) is 17.6. The van der Waals surface area contributed by atoms with Crippen LogP contribution >= 0.6 is 0 Å². The normalized spacial score (nSPS) is 18.0. The molecule has 1 fully saturated rings. The van der Waals surface area contributed by atoms with Crippen LogP contribution in [0.1, 0.15) is 56.8 Å². The first-order valence-corrected chi connectivity index (χ1v) is 10.5. The largest absolute Gasteiger partial charge is 0.422 e. The van der Waals surface area contributed by atoms with Crippen molar-refractivity contribution in [3.8, 4) is 5.75 Å². The quantitative estimate of drug-likeness (QED) is 0.287. The van der Waals surface area contributed by atoms with Gasteiger partial charge in [0.15, 0.2) is 0 Å². The van der Waals surface area contributed by atoms with Crippen molar-refractivity contribution in [1.82, 2.24) is 14.8 Å². The Morgan fingerprint density at radius 1 is 1.09 bits per heavy atom. The standard InChI is InChI=1S/C23H21N3O7/c27-12-2-1-11-25-18(28)9-8-16(21(25)30)26-20(29)15-6-3-7-17(19(15)22(26)31)33-23(32)14-5-4-10-24-13-14/h3-7,10,13,16,27H,1-2,8-9,11-12H2. The maximum atomic E-state index is 13.3. The van der Waals surface area contributed by atoms with Gasteiger partial charge in [-0.25, -0.2) is 4.79 Å². The predicted octanol–water partition coefficient (Wildman–Crippen LogP) is 1.19. The Balaban J connectivity index is 1.59. The summed E-state index contributed by atoms with van der Waals surface area (Å²) < 4.78 is 5.38. The third-order valence-corrected chi connectivity index (χ3v) is 5.59. The molecule has 1 aromatic heterocycles. The number of pyridine rings is 1. The number of rotatable bonds is 7. The first kappa shape index (κ1) is 22.3. The Hall–Kier alpha value is -3.92. The van der Waals surface area contributed by atoms with Gasteiger partial charge in [0.05, 0.1) is 16.7 Å². The van der Waals surface area contributed by atoms with Gasteiger partial charge in [-0.1, -0.05) is 6.07 Å². The number of esters is 1. The van der Waals surface area contributed by atoms with Crippen LogP contribution in [0.5, 0.6) is 5.75 Å². The molecule has 10 heteroatoms. The van der Waals surface area contributed by atoms with E-state index in [0.29, 0.717) is 12.8 Å². The minimum Gasteiger partial charge on any atom is -0.422 e. The Morgan fingerprint density at radius 2 is 1.91 bits per heavy atom. The first-order valence-electron chi connectivity index (χ1n) is 10.5. The lowest BCUT2D eigenvalue weighted by Crippen LogP contribution is -2.56. The lowest BCUT2D eigenvalue weighted by molar-refractivity contribution is -0.151. The average Bonchev–Trinajstić information content (AvgIpc) is 3.07. The highest BCUT2D eigenvalue weighted by Crippen LogP contribution is 2.34. The maximum Gasteiger partial charge on any atom is 0.345 e. The third kappa shape index (κ3) is 4.12. The second-order valence-corrected chi connectivity index (χ2v) is 7.66. The van der Waals surface area contributed by atoms with Crippen molar-refractivity contribution >= 4 is 29.6 Å². The van der Waals surface area contributed by atoms with Gasteiger partial charge < -0.3 is 9.84 Å². The van der Waals surface area contributed by atoms with Crippen LogP contribution < -0.4 is 4.74 Å². The fourth-order valence-electron chi connectivity index (χ4n) is 3.96. The highest BCUT2D eigenvalue weighted by molar-refractivity contribution is 6.24. The molecule has 1 N–H and O–H groups in total. The van der Waals surface area contributed by atoms with Crippen LogP contribution in [-0.2, 0) is 9.59 Å². The van der Waals surface area contributed by atoms with Gasteiger partial charge in [0, 0.05) is 32.0 Å². The number of hydrogen-bond donors (Lipinski definition) is 1. The van der Waals surface area contributed by atoms with Crippen molar-refractivity contribution in [1.29, 1.82) is 0 Å². The number of amides is 4. The molecule has 4 rings (SSSR count). The SMILES string of the molecule is O=C(Oc1cccc2c1C(=O)N(C1CCC(=O)N(CCCCO)C1=O)C2=O)c1cccnc1. The van der Waals surface area contributed by atoms with Crippen molar-refractivity contribution in [3.63, 3.8) is 0 Å². The van der Waals surface area contributed by atoms with Crippen LogP contribution in [0.3, 0.4) is 0 Å². The van der Waals surface area contributed by atoms with Crippen LogP contribution in [0.25, 0.3) is 0 Å². The number of carbonyl (C=O) groups excluding carboxylic acids is 5. The Kier molecular flexibility index (Phi) is 6.27. The molecule has 1 aromatic carbocycles. The van der Waals surface area contributed by atoms with Gasteiger partial charge in [-0.2, -0.15) is 0 Å². The maximum absolute atomic E-state index is 13.3. The van der Waals surface area contributed by atoms with Crippen LogP contribution in [0.15, 0.2) is 42.7 Å². The number of likely N-dealkylation sites (tertiary alicyclic amines) is 1. The molecule has 4 amide bonds. The average molecular weight is 451 g/mol. The minimum atomic E-state index is -1.13. The van der Waals surface area contributed by atoms with Crippen LogP contribution in [0.4, 0.5) is 0 Å². The molecule has 33 heavy (non-hydrogen) atoms. The van der Waals surface area contributed by atoms with E-state index in [1.54, 1.807) is 6.07 Å². The van der Waals surface area contributed by atoms with Crippen LogP contribution in [0, 0.1) is 0 Å². The molecular formula is C23H21N3O7. The highest BCUT2D eigenvalue weighted by Gasteiger charge is 2.48. The molecule has 0 aliphatic carbocycles. The van der Waals surface area contributed by atoms with E-state index in [0.717, 1.165) is 9.80 Å². The Bertz CT molecular complexity index is 1130. The summed E-state index contributed by atoms with van der Waals surface area (Å²) in [6, 6.07) is 6.23. The van der Waals surface area contributed by atoms with Gasteiger partial charge in [0.1, 0.15) is 11.8 Å². The molecule has 2 aliphatic heterocycles. The van der Waals surface area contributed by atoms with E-state index in [-0.39, 0.29) is 54.3 Å². The zero-order valence-electron chi connectivity index (χ0n) is 17.6. The van der Waals surface area contributed by atoms with E-state index in [2.05, 4.69) is 4.98 Å². The van der Waals surface area contributed by atoms with Crippen molar-refractivity contribution in [3.05, 3.63) is 59.4 Å². The van der Waals surface area contributed by atoms with Crippen LogP contribution in [0.2, 0.25) is 0 Å². The van der Waals surface area contributed by atoms with Gasteiger partial charge in [-0.3, -0.25) is 34.0 Å². The number of aliphatic hydroxyl groups is 1. The van der Waals surface area contributed by atoms with Crippen molar-refractivity contribution in [2.24, 2.45) is 0 Å². The number of benzene rings is 1. The van der Waals surface area contributed by atoms with Gasteiger partial charge in [-0.05, 0) is 43.5 Å². The number of piperidine rings is 1. The Labute approximate surface area is 188 Å². The summed E-state index contributed by atoms with van der Waals surface area (Å²) in [7, 11) is 0. The summed E-state index contributed by atoms with van der Waals surface area (Å²) in [6.07, 6.45) is 3.66. The number of aliphatic hydroxyl groups excluding tert-OH is 1. The number of unbranched alkanes of at least 4 members (excludes halogenated alkanes) is 1. The summed E-state index contributed by atoms with van der Waals surface area (Å²) in [5.74, 6) is -3.29. The summed E-state index contributed by atoms with van der Waals surface area (Å²) in [5.41, 5.74) is 0.0903. The molecule has 0 bridgehead atoms. The van der Waals surface area contributed by atoms with Gasteiger partial charge in [0.25, 0.3) is 17.7 Å². The van der Waals surface area contributed by atoms with E-state index >= 15 is 0 Å². The number of imide groups is 2. The van der Waals surface area contributed by atoms with Crippen molar-refractivity contribution in [2.75, 3.05) is 13.2 Å². The minimum absolute atomic E-state index is 0.00574. The molecule has 2 aromatic rings. The number of aromatic nitrogens is 1. The zero-order chi connectivity index (χ0) is 23.5. The van der Waals surface area contributed by atoms with E-state index in [1.807, 2.05) is 0 Å². The second kappa shape index (κ2) is 9.29. The van der Waals surface area contributed by atoms with Crippen molar-refractivity contribution < 1.29 is 33.8 Å². The summed E-state index contributed by atoms with van der Waals surface area (Å²) >= 11 is 0. The second-order valence-electron chi connectivity index (χ2n) is 7.66. The van der Waals surface area contributed by atoms with E-state index in [1.165, 1.54) is 36.7 Å². The highest BCUT2D eigenvalue weighted by atomic mass is 16.5. The fourth-order valence-corrected chi connectivity index (χ4v) is 3.96. The molecule has 170 valence electrons. The lowest BCUT2D eigenvalue weighted by atomic mass is 10.0. The number of nitrogens with zero attached hydrogens (tertiary/aromatic N) is 3. The molecule has 0 saturated carbocycles. The molecule has 2 aliphatic rings. The molecular weight excluding hydrogens is 430 g/mol. The monoisotopic (exact) mass is 451 g/mol. The molecule has 3 heterocycles. The van der Waals surface area contributed by atoms with Gasteiger partial charge in [0.2, 0.25) is 5.91 Å². The summed E-state index contributed by atoms with van der Waals surface area (Å²) in [4.78, 5) is 69.8. The molecule has 0 radical (unpaired) electrons. The van der Waals surface area contributed by atoms with Gasteiger partial charge in [-0.15, -0.1) is 0 Å². The lowest BCUT2D eigenvalue weighted by Gasteiger charge is -2.34. The van der Waals surface area contributed by atoms with Crippen LogP contribution in [-0.4, -0.2) is 68.7 Å². The Morgan fingerprint density at radius 3 is 2.64 bits per heavy atom. The molecule has 1 unspecified atom stereocenters. The summed E-state index contributed by atoms with van der Waals surface area (Å²) in [6.45, 7) is 0.0322.